The number of methoxy groups -OCH3 is 1. The summed E-state index contributed by atoms with van der Waals surface area (Å²) in [7, 11) is 1.50. The molecule has 0 bridgehead atoms. The number of carbonyl (C=O) groups excluding carboxylic acids is 1. The molecule has 2 N–H and O–H groups in total. The summed E-state index contributed by atoms with van der Waals surface area (Å²) in [4.78, 5) is 30.5. The largest absolute Gasteiger partial charge is 0.480 e. The van der Waals surface area contributed by atoms with Crippen molar-refractivity contribution in [2.24, 2.45) is 10.7 Å². The summed E-state index contributed by atoms with van der Waals surface area (Å²) in [5.74, 6) is 0.237. The first-order valence-corrected chi connectivity index (χ1v) is 8.77. The molecule has 3 heterocycles. The number of amidine groups is 1. The molecule has 134 valence electrons. The number of thioether (sulfide) groups is 1. The zero-order valence-corrected chi connectivity index (χ0v) is 15.4. The highest BCUT2D eigenvalue weighted by molar-refractivity contribution is 8.17. The number of carbonyl (C=O) groups is 1. The number of hydrogen-bond acceptors (Lipinski definition) is 8. The number of Topliss-reactive ketones (excluding diaryl/α,β-unsaturated/α-hetero) is 1. The van der Waals surface area contributed by atoms with Crippen LogP contribution >= 0.6 is 11.8 Å². The summed E-state index contributed by atoms with van der Waals surface area (Å²) >= 11 is 1.38. The van der Waals surface area contributed by atoms with E-state index in [2.05, 4.69) is 26.5 Å². The lowest BCUT2D eigenvalue weighted by atomic mass is 9.92. The van der Waals surface area contributed by atoms with Crippen molar-refractivity contribution in [2.75, 3.05) is 7.11 Å². The molecule has 0 fully saturated rings. The maximum atomic E-state index is 12.5. The Bertz CT molecular complexity index is 881. The average Bonchev–Trinajstić information content (AvgIpc) is 2.61. The molecule has 3 rings (SSSR count). The third-order valence-corrected chi connectivity index (χ3v) is 4.74. The van der Waals surface area contributed by atoms with Gasteiger partial charge in [-0.3, -0.25) is 9.78 Å². The Morgan fingerprint density at radius 3 is 2.85 bits per heavy atom. The normalized spacial score (nSPS) is 19.8. The number of aromatic nitrogens is 3. The van der Waals surface area contributed by atoms with Crippen LogP contribution in [-0.4, -0.2) is 33.0 Å². The van der Waals surface area contributed by atoms with Crippen LogP contribution < -0.4 is 10.5 Å². The van der Waals surface area contributed by atoms with Gasteiger partial charge in [0.25, 0.3) is 0 Å². The van der Waals surface area contributed by atoms with Crippen molar-refractivity contribution in [2.45, 2.75) is 25.3 Å². The highest BCUT2D eigenvalue weighted by Gasteiger charge is 2.32. The van der Waals surface area contributed by atoms with Crippen molar-refractivity contribution in [1.82, 2.24) is 15.0 Å². The van der Waals surface area contributed by atoms with Crippen LogP contribution in [0.3, 0.4) is 0 Å². The molecule has 0 radical (unpaired) electrons. The van der Waals surface area contributed by atoms with Crippen LogP contribution in [0.15, 0.2) is 47.2 Å². The van der Waals surface area contributed by atoms with Gasteiger partial charge in [-0.2, -0.15) is 0 Å². The molecule has 0 aliphatic carbocycles. The first-order valence-electron chi connectivity index (χ1n) is 7.95. The molecule has 0 unspecified atom stereocenters. The van der Waals surface area contributed by atoms with E-state index in [4.69, 9.17) is 10.5 Å². The van der Waals surface area contributed by atoms with Gasteiger partial charge in [-0.25, -0.2) is 15.0 Å². The van der Waals surface area contributed by atoms with Gasteiger partial charge in [-0.15, -0.1) is 0 Å². The molecule has 0 spiro atoms. The smallest absolute Gasteiger partial charge is 0.232 e. The van der Waals surface area contributed by atoms with Crippen LogP contribution in [0.1, 0.15) is 35.1 Å². The Hall–Kier alpha value is -2.74. The number of hydrogen-bond donors (Lipinski definition) is 1. The summed E-state index contributed by atoms with van der Waals surface area (Å²) < 4.78 is 4.95. The van der Waals surface area contributed by atoms with Crippen LogP contribution in [-0.2, 0) is 12.0 Å². The number of pyridine rings is 1. The van der Waals surface area contributed by atoms with Gasteiger partial charge in [0, 0.05) is 19.0 Å². The number of ketones is 1. The molecule has 1 aliphatic rings. The van der Waals surface area contributed by atoms with Gasteiger partial charge in [-0.1, -0.05) is 18.3 Å². The lowest BCUT2D eigenvalue weighted by Crippen LogP contribution is -2.28. The third kappa shape index (κ3) is 3.91. The Morgan fingerprint density at radius 1 is 1.38 bits per heavy atom. The van der Waals surface area contributed by atoms with Crippen LogP contribution in [0.2, 0.25) is 0 Å². The van der Waals surface area contributed by atoms with E-state index in [0.717, 1.165) is 16.2 Å². The minimum Gasteiger partial charge on any atom is -0.480 e. The van der Waals surface area contributed by atoms with Crippen LogP contribution in [0.4, 0.5) is 0 Å². The van der Waals surface area contributed by atoms with E-state index in [9.17, 15) is 4.79 Å². The summed E-state index contributed by atoms with van der Waals surface area (Å²) in [6, 6.07) is 3.69. The summed E-state index contributed by atoms with van der Waals surface area (Å²) in [5, 5.41) is 0.473. The fourth-order valence-corrected chi connectivity index (χ4v) is 3.64. The average molecular weight is 369 g/mol. The summed E-state index contributed by atoms with van der Waals surface area (Å²) in [6.45, 7) is 5.97. The van der Waals surface area contributed by atoms with Gasteiger partial charge in [0.15, 0.2) is 11.0 Å². The molecule has 0 saturated heterocycles. The molecule has 1 atom stereocenters. The van der Waals surface area contributed by atoms with Crippen LogP contribution in [0.5, 0.6) is 5.88 Å². The van der Waals surface area contributed by atoms with Crippen molar-refractivity contribution in [3.05, 3.63) is 59.2 Å². The Balaban J connectivity index is 1.82. The molecular formula is C18H19N5O2S. The van der Waals surface area contributed by atoms with Crippen molar-refractivity contribution in [3.8, 4) is 5.88 Å². The van der Waals surface area contributed by atoms with E-state index in [0.29, 0.717) is 23.2 Å². The second-order valence-electron chi connectivity index (χ2n) is 6.13. The van der Waals surface area contributed by atoms with Crippen molar-refractivity contribution in [3.63, 3.8) is 0 Å². The highest BCUT2D eigenvalue weighted by atomic mass is 32.2. The first kappa shape index (κ1) is 18.1. The monoisotopic (exact) mass is 369 g/mol. The molecule has 0 aromatic carbocycles. The first-order chi connectivity index (χ1) is 12.4. The molecule has 0 amide bonds. The van der Waals surface area contributed by atoms with Crippen molar-refractivity contribution in [1.29, 1.82) is 0 Å². The SMILES string of the molecule is C=C1C[C@@](C)(c2cc(CC(=O)c3cnc(OC)cn3)ccn2)N=C(N)S1. The number of nitrogens with two attached hydrogens (primary N) is 1. The predicted octanol–water partition coefficient (Wildman–Crippen LogP) is 2.49. The van der Waals surface area contributed by atoms with Gasteiger partial charge in [0.05, 0.1) is 25.2 Å². The molecule has 7 nitrogen and oxygen atoms in total. The Morgan fingerprint density at radius 2 is 2.19 bits per heavy atom. The van der Waals surface area contributed by atoms with Gasteiger partial charge < -0.3 is 10.5 Å². The van der Waals surface area contributed by atoms with E-state index in [1.807, 2.05) is 13.0 Å². The Labute approximate surface area is 155 Å². The number of nitrogens with zero attached hydrogens (tertiary/aromatic N) is 4. The van der Waals surface area contributed by atoms with Crippen molar-refractivity contribution >= 4 is 22.7 Å². The van der Waals surface area contributed by atoms with E-state index < -0.39 is 5.54 Å². The number of aliphatic imine (C=N–C) groups is 1. The van der Waals surface area contributed by atoms with E-state index in [1.54, 1.807) is 12.3 Å². The number of rotatable bonds is 5. The van der Waals surface area contributed by atoms with E-state index in [1.165, 1.54) is 31.3 Å². The van der Waals surface area contributed by atoms with E-state index >= 15 is 0 Å². The van der Waals surface area contributed by atoms with Gasteiger partial charge in [0.2, 0.25) is 5.88 Å². The van der Waals surface area contributed by atoms with Crippen LogP contribution in [0, 0.1) is 0 Å². The van der Waals surface area contributed by atoms with Gasteiger partial charge in [-0.05, 0) is 29.5 Å². The molecule has 26 heavy (non-hydrogen) atoms. The quantitative estimate of drug-likeness (QED) is 0.808. The number of ether oxygens (including phenoxy) is 1. The maximum absolute atomic E-state index is 12.5. The fourth-order valence-electron chi connectivity index (χ4n) is 2.74. The minimum absolute atomic E-state index is 0.130. The zero-order chi connectivity index (χ0) is 18.7. The Kier molecular flexibility index (Phi) is 5.03. The predicted molar refractivity (Wildman–Crippen MR) is 101 cm³/mol. The summed E-state index contributed by atoms with van der Waals surface area (Å²) in [5.41, 5.74) is 7.20. The molecule has 0 saturated carbocycles. The minimum atomic E-state index is -0.578. The molecular weight excluding hydrogens is 350 g/mol. The third-order valence-electron chi connectivity index (χ3n) is 4.01. The maximum Gasteiger partial charge on any atom is 0.232 e. The summed E-state index contributed by atoms with van der Waals surface area (Å²) in [6.07, 6.45) is 5.36. The molecule has 2 aromatic heterocycles. The van der Waals surface area contributed by atoms with Crippen molar-refractivity contribution < 1.29 is 9.53 Å². The van der Waals surface area contributed by atoms with Gasteiger partial charge >= 0.3 is 0 Å². The standard InChI is InChI=1S/C18H19N5O2S/c1-11-8-18(2,23-17(19)26-11)15-7-12(4-5-20-15)6-14(24)13-9-22-16(25-3)10-21-13/h4-5,7,9-10H,1,6,8H2,2-3H3,(H2,19,23)/t18-/m0/s1. The second-order valence-corrected chi connectivity index (χ2v) is 7.33. The fraction of sp³-hybridized carbons (Fsp3) is 0.278. The van der Waals surface area contributed by atoms with E-state index in [-0.39, 0.29) is 12.2 Å². The topological polar surface area (TPSA) is 103 Å². The second kappa shape index (κ2) is 7.25. The molecule has 1 aliphatic heterocycles. The molecule has 8 heteroatoms. The lowest BCUT2D eigenvalue weighted by Gasteiger charge is -2.30. The lowest BCUT2D eigenvalue weighted by molar-refractivity contribution is 0.0987. The van der Waals surface area contributed by atoms with Crippen LogP contribution in [0.25, 0.3) is 0 Å². The molecule has 2 aromatic rings. The zero-order valence-electron chi connectivity index (χ0n) is 14.6. The highest BCUT2D eigenvalue weighted by Crippen LogP contribution is 2.39. The van der Waals surface area contributed by atoms with Gasteiger partial charge in [0.1, 0.15) is 11.2 Å².